The van der Waals surface area contributed by atoms with Crippen LogP contribution >= 0.6 is 7.82 Å². The van der Waals surface area contributed by atoms with E-state index in [1.807, 2.05) is 0 Å². The fourth-order valence-corrected chi connectivity index (χ4v) is 8.29. The third-order valence-corrected chi connectivity index (χ3v) is 12.3. The number of allylic oxidation sites excluding steroid dienone is 4. The number of hydrogen-bond acceptors (Lipinski definition) is 12. The smallest absolute Gasteiger partial charge is 0.462 e. The molecule has 1 rings (SSSR count). The Morgan fingerprint density at radius 2 is 0.852 bits per heavy atom. The van der Waals surface area contributed by atoms with Crippen molar-refractivity contribution in [2.24, 2.45) is 0 Å². The fraction of sp³-hybridized carbons (Fsp3) is 0.872. The molecule has 0 aliphatic heterocycles. The summed E-state index contributed by atoms with van der Waals surface area (Å²) in [5, 5.41) is 50.1. The quantitative estimate of drug-likeness (QED) is 0.0147. The molecule has 0 aromatic carbocycles. The van der Waals surface area contributed by atoms with Crippen LogP contribution in [0.15, 0.2) is 24.3 Å². The lowest BCUT2D eigenvalue weighted by atomic mass is 9.85. The first-order valence-electron chi connectivity index (χ1n) is 24.1. The van der Waals surface area contributed by atoms with Crippen LogP contribution in [0.25, 0.3) is 0 Å². The zero-order chi connectivity index (χ0) is 45.0. The molecule has 61 heavy (non-hydrogen) atoms. The van der Waals surface area contributed by atoms with Crippen molar-refractivity contribution in [1.29, 1.82) is 0 Å². The van der Waals surface area contributed by atoms with Gasteiger partial charge in [0.25, 0.3) is 0 Å². The molecule has 1 fully saturated rings. The first kappa shape index (κ1) is 57.3. The average Bonchev–Trinajstić information content (AvgIpc) is 3.24. The van der Waals surface area contributed by atoms with Crippen molar-refractivity contribution < 1.29 is 63.1 Å². The van der Waals surface area contributed by atoms with E-state index < -0.39 is 75.7 Å². The Kier molecular flexibility index (Phi) is 35.4. The second-order valence-corrected chi connectivity index (χ2v) is 18.4. The number of hydrogen-bond donors (Lipinski definition) is 6. The van der Waals surface area contributed by atoms with Crippen LogP contribution in [0, 0.1) is 0 Å². The molecule has 0 bridgehead atoms. The van der Waals surface area contributed by atoms with Crippen LogP contribution in [0.4, 0.5) is 0 Å². The number of carbonyl (C=O) groups is 2. The Bertz CT molecular complexity index is 1170. The fourth-order valence-electron chi connectivity index (χ4n) is 7.32. The lowest BCUT2D eigenvalue weighted by Gasteiger charge is -2.41. The molecule has 0 amide bonds. The standard InChI is InChI=1S/C47H87O13P/c1-3-5-7-9-11-13-15-16-17-18-19-20-21-22-23-24-26-27-29-31-33-35-40(48)57-37-39(59-41(49)36-34-32-30-28-25-14-12-10-8-6-4-2)38-58-61(55,56)60-47-45(53)43(51)42(50)44(52)46(47)54/h10,12,16-17,39,42-47,50-54H,3-9,11,13-15,18-38H2,1-2H3,(H,55,56)/b12-10+,17-16+/t39-,42?,43-,44?,45?,46?,47?/m1/s1. The lowest BCUT2D eigenvalue weighted by Crippen LogP contribution is -2.64. The van der Waals surface area contributed by atoms with E-state index in [9.17, 15) is 44.6 Å². The minimum atomic E-state index is -5.12. The zero-order valence-corrected chi connectivity index (χ0v) is 38.9. The summed E-state index contributed by atoms with van der Waals surface area (Å²) in [4.78, 5) is 35.7. The molecule has 8 atom stereocenters. The van der Waals surface area contributed by atoms with Gasteiger partial charge < -0.3 is 39.9 Å². The highest BCUT2D eigenvalue weighted by molar-refractivity contribution is 7.47. The molecule has 13 nitrogen and oxygen atoms in total. The van der Waals surface area contributed by atoms with Gasteiger partial charge in [0.15, 0.2) is 6.10 Å². The molecule has 0 aromatic heterocycles. The largest absolute Gasteiger partial charge is 0.472 e. The number of aliphatic hydroxyl groups excluding tert-OH is 5. The van der Waals surface area contributed by atoms with Crippen molar-refractivity contribution in [2.45, 2.75) is 249 Å². The van der Waals surface area contributed by atoms with Crippen molar-refractivity contribution >= 4 is 19.8 Å². The number of aliphatic hydroxyl groups is 5. The van der Waals surface area contributed by atoms with Gasteiger partial charge in [0.2, 0.25) is 0 Å². The van der Waals surface area contributed by atoms with Crippen molar-refractivity contribution in [3.63, 3.8) is 0 Å². The number of unbranched alkanes of at least 4 members (excludes halogenated alkanes) is 24. The topological polar surface area (TPSA) is 210 Å². The minimum absolute atomic E-state index is 0.0878. The summed E-state index contributed by atoms with van der Waals surface area (Å²) in [5.41, 5.74) is 0. The number of phosphoric ester groups is 1. The molecule has 0 radical (unpaired) electrons. The number of rotatable bonds is 40. The molecule has 6 unspecified atom stereocenters. The van der Waals surface area contributed by atoms with E-state index in [-0.39, 0.29) is 12.8 Å². The van der Waals surface area contributed by atoms with E-state index in [4.69, 9.17) is 18.5 Å². The lowest BCUT2D eigenvalue weighted by molar-refractivity contribution is -0.220. The van der Waals surface area contributed by atoms with E-state index in [0.717, 1.165) is 57.8 Å². The predicted octanol–water partition coefficient (Wildman–Crippen LogP) is 9.62. The molecule has 0 aromatic rings. The maximum atomic E-state index is 12.8. The minimum Gasteiger partial charge on any atom is -0.462 e. The van der Waals surface area contributed by atoms with Gasteiger partial charge in [-0.25, -0.2) is 4.57 Å². The van der Waals surface area contributed by atoms with E-state index in [1.165, 1.54) is 109 Å². The van der Waals surface area contributed by atoms with Crippen LogP contribution in [0.2, 0.25) is 0 Å². The highest BCUT2D eigenvalue weighted by Crippen LogP contribution is 2.47. The van der Waals surface area contributed by atoms with Crippen LogP contribution in [0.5, 0.6) is 0 Å². The van der Waals surface area contributed by atoms with E-state index in [1.54, 1.807) is 0 Å². The van der Waals surface area contributed by atoms with Gasteiger partial charge in [-0.3, -0.25) is 18.6 Å². The van der Waals surface area contributed by atoms with Gasteiger partial charge in [-0.1, -0.05) is 160 Å². The first-order chi connectivity index (χ1) is 29.4. The maximum absolute atomic E-state index is 12.8. The maximum Gasteiger partial charge on any atom is 0.472 e. The molecule has 14 heteroatoms. The first-order valence-corrected chi connectivity index (χ1v) is 25.6. The van der Waals surface area contributed by atoms with Crippen LogP contribution in [0.3, 0.4) is 0 Å². The van der Waals surface area contributed by atoms with Gasteiger partial charge >= 0.3 is 19.8 Å². The summed E-state index contributed by atoms with van der Waals surface area (Å²) in [7, 11) is -5.12. The van der Waals surface area contributed by atoms with E-state index >= 15 is 0 Å². The summed E-state index contributed by atoms with van der Waals surface area (Å²) < 4.78 is 33.5. The van der Waals surface area contributed by atoms with Crippen molar-refractivity contribution in [1.82, 2.24) is 0 Å². The molecule has 0 heterocycles. The highest BCUT2D eigenvalue weighted by Gasteiger charge is 2.51. The normalized spacial score (nSPS) is 22.2. The molecule has 358 valence electrons. The number of phosphoric acid groups is 1. The summed E-state index contributed by atoms with van der Waals surface area (Å²) in [6.07, 6.45) is 28.2. The number of carbonyl (C=O) groups excluding carboxylic acids is 2. The van der Waals surface area contributed by atoms with Crippen LogP contribution in [-0.4, -0.2) is 98.3 Å². The van der Waals surface area contributed by atoms with Crippen molar-refractivity contribution in [3.05, 3.63) is 24.3 Å². The van der Waals surface area contributed by atoms with E-state index in [0.29, 0.717) is 12.8 Å². The van der Waals surface area contributed by atoms with E-state index in [2.05, 4.69) is 38.2 Å². The molecular weight excluding hydrogens is 803 g/mol. The van der Waals surface area contributed by atoms with Gasteiger partial charge in [0.1, 0.15) is 43.2 Å². The Hall–Kier alpha value is -1.67. The zero-order valence-electron chi connectivity index (χ0n) is 38.0. The predicted molar refractivity (Wildman–Crippen MR) is 240 cm³/mol. The summed E-state index contributed by atoms with van der Waals surface area (Å²) in [6, 6.07) is 0. The second kappa shape index (κ2) is 37.7. The van der Waals surface area contributed by atoms with Crippen LogP contribution in [-0.2, 0) is 32.7 Å². The summed E-state index contributed by atoms with van der Waals surface area (Å²) in [5.74, 6) is -1.11. The average molecular weight is 891 g/mol. The van der Waals surface area contributed by atoms with Gasteiger partial charge in [0.05, 0.1) is 6.61 Å². The van der Waals surface area contributed by atoms with Gasteiger partial charge in [-0.2, -0.15) is 0 Å². The van der Waals surface area contributed by atoms with Crippen LogP contribution in [0.1, 0.15) is 206 Å². The molecular formula is C47H87O13P. The molecule has 1 aliphatic rings. The number of ether oxygens (including phenoxy) is 2. The molecule has 6 N–H and O–H groups in total. The van der Waals surface area contributed by atoms with Gasteiger partial charge in [-0.05, 0) is 57.8 Å². The van der Waals surface area contributed by atoms with Crippen LogP contribution < -0.4 is 0 Å². The third kappa shape index (κ3) is 30.2. The van der Waals surface area contributed by atoms with Gasteiger partial charge in [0, 0.05) is 12.8 Å². The third-order valence-electron chi connectivity index (χ3n) is 11.3. The SMILES string of the molecule is CCCC/C=C/CCCCCCCC(=O)O[C@H](COC(=O)CCCCCCCCCCCCC/C=C/CCCCCCCC)COP(=O)(O)OC1C(O)C(O)C(O)[C@@H](O)C1O. The Labute approximate surface area is 368 Å². The molecule has 0 spiro atoms. The Balaban J connectivity index is 2.37. The van der Waals surface area contributed by atoms with Gasteiger partial charge in [-0.15, -0.1) is 0 Å². The Morgan fingerprint density at radius 1 is 0.492 bits per heavy atom. The molecule has 1 saturated carbocycles. The molecule has 0 saturated heterocycles. The number of esters is 2. The second-order valence-electron chi connectivity index (χ2n) is 17.0. The van der Waals surface area contributed by atoms with Crippen molar-refractivity contribution in [2.75, 3.05) is 13.2 Å². The highest BCUT2D eigenvalue weighted by atomic mass is 31.2. The Morgan fingerprint density at radius 3 is 1.30 bits per heavy atom. The monoisotopic (exact) mass is 891 g/mol. The van der Waals surface area contributed by atoms with Crippen molar-refractivity contribution in [3.8, 4) is 0 Å². The molecule has 1 aliphatic carbocycles. The summed E-state index contributed by atoms with van der Waals surface area (Å²) in [6.45, 7) is 3.25. The summed E-state index contributed by atoms with van der Waals surface area (Å²) >= 11 is 0.